The van der Waals surface area contributed by atoms with Gasteiger partial charge in [0.2, 0.25) is 0 Å². The lowest BCUT2D eigenvalue weighted by atomic mass is 9.88. The molecule has 4 heteroatoms. The van der Waals surface area contributed by atoms with E-state index in [2.05, 4.69) is 40.2 Å². The van der Waals surface area contributed by atoms with Crippen LogP contribution in [-0.2, 0) is 0 Å². The first-order valence-electron chi connectivity index (χ1n) is 9.00. The second kappa shape index (κ2) is 5.76. The molecule has 0 amide bonds. The quantitative estimate of drug-likeness (QED) is 0.156. The number of halogens is 1. The molecule has 5 aromatic carbocycles. The van der Waals surface area contributed by atoms with Crippen molar-refractivity contribution in [2.45, 2.75) is 13.8 Å². The van der Waals surface area contributed by atoms with Gasteiger partial charge in [0, 0.05) is 10.0 Å². The van der Waals surface area contributed by atoms with Gasteiger partial charge in [0.15, 0.2) is 11.5 Å². The monoisotopic (exact) mass is 432 g/mol. The molecule has 28 heavy (non-hydrogen) atoms. The minimum atomic E-state index is -0.295. The van der Waals surface area contributed by atoms with Gasteiger partial charge >= 0.3 is 0 Å². The summed E-state index contributed by atoms with van der Waals surface area (Å²) in [5.41, 5.74) is 1.98. The second-order valence-electron chi connectivity index (χ2n) is 7.25. The molecule has 3 N–H and O–H groups in total. The fourth-order valence-electron chi connectivity index (χ4n) is 4.19. The highest BCUT2D eigenvalue weighted by Crippen LogP contribution is 2.50. The summed E-state index contributed by atoms with van der Waals surface area (Å²) in [6.07, 6.45) is 0. The highest BCUT2D eigenvalue weighted by Gasteiger charge is 2.22. The molecule has 0 heterocycles. The van der Waals surface area contributed by atoms with Crippen molar-refractivity contribution >= 4 is 48.2 Å². The first-order chi connectivity index (χ1) is 13.4. The summed E-state index contributed by atoms with van der Waals surface area (Å²) >= 11 is 3.64. The Morgan fingerprint density at radius 1 is 0.607 bits per heavy atom. The van der Waals surface area contributed by atoms with E-state index < -0.39 is 0 Å². The highest BCUT2D eigenvalue weighted by atomic mass is 79.9. The van der Waals surface area contributed by atoms with Gasteiger partial charge in [0.25, 0.3) is 0 Å². The van der Waals surface area contributed by atoms with Crippen molar-refractivity contribution < 1.29 is 15.3 Å². The lowest BCUT2D eigenvalue weighted by Gasteiger charge is -2.18. The maximum atomic E-state index is 10.8. The van der Waals surface area contributed by atoms with Gasteiger partial charge in [-0.2, -0.15) is 0 Å². The number of rotatable bonds is 1. The molecule has 0 atom stereocenters. The standard InChI is InChI=1S/C24H17BrO3/c1-11-12(2)23(27)24(28)21(22(11)26)16-8-4-13-5-9-17-18(25)10-6-14-3-7-15(16)19(13)20(14)17/h3-10,26-28H,1-2H3. The normalized spacial score (nSPS) is 11.8. The van der Waals surface area contributed by atoms with Gasteiger partial charge in [0.05, 0.1) is 5.56 Å². The molecule has 0 bridgehead atoms. The molecule has 0 saturated carbocycles. The molecule has 5 aromatic rings. The van der Waals surface area contributed by atoms with Crippen LogP contribution in [0, 0.1) is 13.8 Å². The zero-order valence-electron chi connectivity index (χ0n) is 15.3. The van der Waals surface area contributed by atoms with Crippen molar-refractivity contribution in [2.24, 2.45) is 0 Å². The summed E-state index contributed by atoms with van der Waals surface area (Å²) in [4.78, 5) is 0. The van der Waals surface area contributed by atoms with Gasteiger partial charge in [-0.05, 0) is 63.4 Å². The molecule has 0 aliphatic carbocycles. The first kappa shape index (κ1) is 17.1. The van der Waals surface area contributed by atoms with Crippen molar-refractivity contribution in [3.8, 4) is 28.4 Å². The molecule has 0 aromatic heterocycles. The van der Waals surface area contributed by atoms with E-state index in [1.807, 2.05) is 24.3 Å². The largest absolute Gasteiger partial charge is 0.507 e. The average molecular weight is 433 g/mol. The Hall–Kier alpha value is -2.98. The molecule has 0 aliphatic heterocycles. The van der Waals surface area contributed by atoms with Crippen LogP contribution in [0.1, 0.15) is 11.1 Å². The number of hydrogen-bond donors (Lipinski definition) is 3. The zero-order chi connectivity index (χ0) is 19.7. The van der Waals surface area contributed by atoms with Crippen LogP contribution in [0.15, 0.2) is 53.0 Å². The number of phenols is 3. The van der Waals surface area contributed by atoms with Gasteiger partial charge in [-0.3, -0.25) is 0 Å². The molecule has 0 saturated heterocycles. The fourth-order valence-corrected chi connectivity index (χ4v) is 4.65. The van der Waals surface area contributed by atoms with Crippen molar-refractivity contribution in [1.82, 2.24) is 0 Å². The van der Waals surface area contributed by atoms with Crippen molar-refractivity contribution in [1.29, 1.82) is 0 Å². The van der Waals surface area contributed by atoms with Gasteiger partial charge in [-0.15, -0.1) is 0 Å². The number of hydrogen-bond acceptors (Lipinski definition) is 3. The minimum absolute atomic E-state index is 0.0102. The SMILES string of the molecule is Cc1c(C)c(O)c(-c2ccc3ccc4c(Br)ccc5ccc2c3c54)c(O)c1O. The van der Waals surface area contributed by atoms with E-state index in [1.165, 1.54) is 0 Å². The third-order valence-corrected chi connectivity index (χ3v) is 6.54. The molecule has 0 spiro atoms. The third-order valence-electron chi connectivity index (χ3n) is 5.85. The molecule has 0 radical (unpaired) electrons. The smallest absolute Gasteiger partial charge is 0.169 e. The summed E-state index contributed by atoms with van der Waals surface area (Å²) in [5, 5.41) is 38.3. The van der Waals surface area contributed by atoms with Crippen LogP contribution in [0.25, 0.3) is 43.4 Å². The van der Waals surface area contributed by atoms with E-state index in [-0.39, 0.29) is 22.8 Å². The van der Waals surface area contributed by atoms with E-state index in [1.54, 1.807) is 13.8 Å². The third kappa shape index (κ3) is 2.09. The second-order valence-corrected chi connectivity index (χ2v) is 8.11. The maximum Gasteiger partial charge on any atom is 0.169 e. The topological polar surface area (TPSA) is 60.7 Å². The summed E-state index contributed by atoms with van der Waals surface area (Å²) in [7, 11) is 0. The van der Waals surface area contributed by atoms with Gasteiger partial charge < -0.3 is 15.3 Å². The van der Waals surface area contributed by atoms with Crippen LogP contribution in [0.4, 0.5) is 0 Å². The molecule has 3 nitrogen and oxygen atoms in total. The van der Waals surface area contributed by atoms with Gasteiger partial charge in [-0.1, -0.05) is 58.4 Å². The molecule has 0 fully saturated rings. The van der Waals surface area contributed by atoms with Crippen LogP contribution in [-0.4, -0.2) is 15.3 Å². The Balaban J connectivity index is 2.00. The van der Waals surface area contributed by atoms with E-state index >= 15 is 0 Å². The summed E-state index contributed by atoms with van der Waals surface area (Å²) < 4.78 is 1.02. The molecule has 5 rings (SSSR count). The summed E-state index contributed by atoms with van der Waals surface area (Å²) in [6, 6.07) is 16.2. The van der Waals surface area contributed by atoms with Crippen molar-refractivity contribution in [3.05, 3.63) is 64.1 Å². The molecule has 0 unspecified atom stereocenters. The molecular weight excluding hydrogens is 416 g/mol. The molecule has 0 aliphatic rings. The van der Waals surface area contributed by atoms with E-state index in [0.29, 0.717) is 16.7 Å². The Bertz CT molecular complexity index is 1390. The van der Waals surface area contributed by atoms with Gasteiger partial charge in [-0.25, -0.2) is 0 Å². The number of aromatic hydroxyl groups is 3. The lowest BCUT2D eigenvalue weighted by Crippen LogP contribution is -1.92. The predicted octanol–water partition coefficient (Wildman–Crippen LogP) is 6.75. The Labute approximate surface area is 169 Å². The number of phenolic OH excluding ortho intramolecular Hbond substituents is 3. The molecule has 138 valence electrons. The average Bonchev–Trinajstić information content (AvgIpc) is 2.71. The Morgan fingerprint density at radius 2 is 1.14 bits per heavy atom. The summed E-state index contributed by atoms with van der Waals surface area (Å²) in [5.74, 6) is -0.500. The zero-order valence-corrected chi connectivity index (χ0v) is 16.9. The van der Waals surface area contributed by atoms with Crippen molar-refractivity contribution in [2.75, 3.05) is 0 Å². The van der Waals surface area contributed by atoms with E-state index in [9.17, 15) is 15.3 Å². The van der Waals surface area contributed by atoms with E-state index in [4.69, 9.17) is 0 Å². The van der Waals surface area contributed by atoms with Crippen LogP contribution in [0.3, 0.4) is 0 Å². The Kier molecular flexibility index (Phi) is 3.52. The lowest BCUT2D eigenvalue weighted by molar-refractivity contribution is 0.394. The van der Waals surface area contributed by atoms with Crippen LogP contribution >= 0.6 is 15.9 Å². The molecular formula is C24H17BrO3. The highest BCUT2D eigenvalue weighted by molar-refractivity contribution is 9.10. The number of benzene rings is 5. The summed E-state index contributed by atoms with van der Waals surface area (Å²) in [6.45, 7) is 3.41. The van der Waals surface area contributed by atoms with Crippen molar-refractivity contribution in [3.63, 3.8) is 0 Å². The Morgan fingerprint density at radius 3 is 1.86 bits per heavy atom. The van der Waals surface area contributed by atoms with Crippen LogP contribution in [0.5, 0.6) is 17.2 Å². The van der Waals surface area contributed by atoms with Crippen LogP contribution < -0.4 is 0 Å². The maximum absolute atomic E-state index is 10.8. The fraction of sp³-hybridized carbons (Fsp3) is 0.0833. The van der Waals surface area contributed by atoms with E-state index in [0.717, 1.165) is 36.8 Å². The minimum Gasteiger partial charge on any atom is -0.507 e. The van der Waals surface area contributed by atoms with Crippen LogP contribution in [0.2, 0.25) is 0 Å². The first-order valence-corrected chi connectivity index (χ1v) is 9.80. The van der Waals surface area contributed by atoms with Gasteiger partial charge in [0.1, 0.15) is 5.75 Å². The predicted molar refractivity (Wildman–Crippen MR) is 118 cm³/mol.